The topological polar surface area (TPSA) is 38.2 Å². The summed E-state index contributed by atoms with van der Waals surface area (Å²) in [5.41, 5.74) is 1.47. The van der Waals surface area contributed by atoms with Gasteiger partial charge < -0.3 is 9.64 Å². The molecule has 1 aromatic rings. The third-order valence-corrected chi connectivity index (χ3v) is 2.93. The number of hydrogen-bond acceptors (Lipinski definition) is 4. The van der Waals surface area contributed by atoms with E-state index < -0.39 is 0 Å². The molecule has 0 bridgehead atoms. The maximum Gasteiger partial charge on any atom is 0.225 e. The Kier molecular flexibility index (Phi) is 1.56. The van der Waals surface area contributed by atoms with Crippen LogP contribution >= 0.6 is 0 Å². The minimum atomic E-state index is 0.438. The highest BCUT2D eigenvalue weighted by Crippen LogP contribution is 2.38. The van der Waals surface area contributed by atoms with E-state index >= 15 is 0 Å². The molecule has 0 saturated carbocycles. The molecule has 2 aliphatic rings. The Labute approximate surface area is 82.9 Å². The van der Waals surface area contributed by atoms with Crippen molar-refractivity contribution in [2.24, 2.45) is 5.41 Å². The van der Waals surface area contributed by atoms with Crippen LogP contribution < -0.4 is 4.90 Å². The zero-order chi connectivity index (χ0) is 9.60. The van der Waals surface area contributed by atoms with Crippen LogP contribution in [0.3, 0.4) is 0 Å². The quantitative estimate of drug-likeness (QED) is 0.652. The van der Waals surface area contributed by atoms with Crippen LogP contribution in [0.4, 0.5) is 5.95 Å². The van der Waals surface area contributed by atoms with Crippen molar-refractivity contribution in [3.8, 4) is 0 Å². The standard InChI is InChI=1S/C10H13N3O/c1-8-2-3-11-9(12-8)13-4-10(5-13)6-14-7-10/h2-3H,4-7H2,1H3. The highest BCUT2D eigenvalue weighted by Gasteiger charge is 2.49. The van der Waals surface area contributed by atoms with Gasteiger partial charge in [0.15, 0.2) is 0 Å². The normalized spacial score (nSPS) is 23.1. The Morgan fingerprint density at radius 2 is 2.21 bits per heavy atom. The molecule has 2 fully saturated rings. The molecule has 14 heavy (non-hydrogen) atoms. The molecule has 0 atom stereocenters. The van der Waals surface area contributed by atoms with E-state index in [4.69, 9.17) is 4.74 Å². The Bertz CT molecular complexity index is 354. The number of ether oxygens (including phenoxy) is 1. The van der Waals surface area contributed by atoms with Gasteiger partial charge in [-0.15, -0.1) is 0 Å². The Balaban J connectivity index is 1.73. The summed E-state index contributed by atoms with van der Waals surface area (Å²) in [4.78, 5) is 10.9. The zero-order valence-corrected chi connectivity index (χ0v) is 8.23. The van der Waals surface area contributed by atoms with Crippen molar-refractivity contribution in [1.29, 1.82) is 0 Å². The summed E-state index contributed by atoms with van der Waals surface area (Å²) in [7, 11) is 0. The van der Waals surface area contributed by atoms with Crippen LogP contribution in [0.25, 0.3) is 0 Å². The van der Waals surface area contributed by atoms with Crippen molar-refractivity contribution in [3.63, 3.8) is 0 Å². The molecule has 1 spiro atoms. The van der Waals surface area contributed by atoms with Gasteiger partial charge in [0, 0.05) is 25.0 Å². The smallest absolute Gasteiger partial charge is 0.225 e. The van der Waals surface area contributed by atoms with E-state index in [0.29, 0.717) is 5.41 Å². The van der Waals surface area contributed by atoms with Crippen molar-refractivity contribution < 1.29 is 4.74 Å². The van der Waals surface area contributed by atoms with Crippen LogP contribution in [0.1, 0.15) is 5.69 Å². The highest BCUT2D eigenvalue weighted by molar-refractivity contribution is 5.37. The summed E-state index contributed by atoms with van der Waals surface area (Å²) in [6.07, 6.45) is 1.82. The second-order valence-corrected chi connectivity index (χ2v) is 4.35. The molecule has 0 aliphatic carbocycles. The summed E-state index contributed by atoms with van der Waals surface area (Å²) in [6.45, 7) is 5.92. The molecule has 0 aromatic carbocycles. The zero-order valence-electron chi connectivity index (χ0n) is 8.23. The number of aromatic nitrogens is 2. The first kappa shape index (κ1) is 8.17. The summed E-state index contributed by atoms with van der Waals surface area (Å²) in [5.74, 6) is 0.863. The lowest BCUT2D eigenvalue weighted by Crippen LogP contribution is -2.66. The van der Waals surface area contributed by atoms with Crippen molar-refractivity contribution in [2.45, 2.75) is 6.92 Å². The first-order valence-electron chi connectivity index (χ1n) is 4.90. The van der Waals surface area contributed by atoms with E-state index in [-0.39, 0.29) is 0 Å². The van der Waals surface area contributed by atoms with Gasteiger partial charge in [0.1, 0.15) is 0 Å². The van der Waals surface area contributed by atoms with Gasteiger partial charge in [-0.1, -0.05) is 0 Å². The number of rotatable bonds is 1. The van der Waals surface area contributed by atoms with Gasteiger partial charge in [-0.05, 0) is 13.0 Å². The molecular formula is C10H13N3O. The SMILES string of the molecule is Cc1ccnc(N2CC3(COC3)C2)n1. The molecule has 4 nitrogen and oxygen atoms in total. The number of nitrogens with zero attached hydrogens (tertiary/aromatic N) is 3. The maximum absolute atomic E-state index is 5.22. The van der Waals surface area contributed by atoms with Gasteiger partial charge in [-0.3, -0.25) is 0 Å². The van der Waals surface area contributed by atoms with Crippen molar-refractivity contribution in [3.05, 3.63) is 18.0 Å². The maximum atomic E-state index is 5.22. The second kappa shape index (κ2) is 2.67. The summed E-state index contributed by atoms with van der Waals surface area (Å²) in [5, 5.41) is 0. The van der Waals surface area contributed by atoms with E-state index in [1.807, 2.05) is 19.2 Å². The highest BCUT2D eigenvalue weighted by atomic mass is 16.5. The molecule has 4 heteroatoms. The molecule has 0 unspecified atom stereocenters. The third kappa shape index (κ3) is 1.10. The Morgan fingerprint density at radius 3 is 2.79 bits per heavy atom. The fourth-order valence-corrected chi connectivity index (χ4v) is 2.07. The summed E-state index contributed by atoms with van der Waals surface area (Å²) in [6, 6.07) is 1.92. The van der Waals surface area contributed by atoms with Gasteiger partial charge in [0.05, 0.1) is 18.6 Å². The Hall–Kier alpha value is -1.16. The van der Waals surface area contributed by atoms with Crippen LogP contribution in [0, 0.1) is 12.3 Å². The molecule has 3 rings (SSSR count). The van der Waals surface area contributed by atoms with Crippen LogP contribution in [0.2, 0.25) is 0 Å². The fraction of sp³-hybridized carbons (Fsp3) is 0.600. The summed E-state index contributed by atoms with van der Waals surface area (Å²) >= 11 is 0. The lowest BCUT2D eigenvalue weighted by molar-refractivity contribution is -0.127. The van der Waals surface area contributed by atoms with Gasteiger partial charge in [0.2, 0.25) is 5.95 Å². The molecule has 0 radical (unpaired) electrons. The minimum Gasteiger partial charge on any atom is -0.380 e. The van der Waals surface area contributed by atoms with E-state index in [2.05, 4.69) is 14.9 Å². The van der Waals surface area contributed by atoms with Crippen LogP contribution in [0.5, 0.6) is 0 Å². The van der Waals surface area contributed by atoms with Crippen LogP contribution in [-0.2, 0) is 4.74 Å². The fourth-order valence-electron chi connectivity index (χ4n) is 2.07. The minimum absolute atomic E-state index is 0.438. The van der Waals surface area contributed by atoms with Crippen molar-refractivity contribution in [1.82, 2.24) is 9.97 Å². The first-order chi connectivity index (χ1) is 6.77. The van der Waals surface area contributed by atoms with E-state index in [0.717, 1.165) is 37.9 Å². The monoisotopic (exact) mass is 191 g/mol. The lowest BCUT2D eigenvalue weighted by Gasteiger charge is -2.54. The number of anilines is 1. The van der Waals surface area contributed by atoms with Gasteiger partial charge in [-0.25, -0.2) is 9.97 Å². The predicted octanol–water partition coefficient (Wildman–Crippen LogP) is 0.622. The van der Waals surface area contributed by atoms with Crippen LogP contribution in [-0.4, -0.2) is 36.3 Å². The molecule has 0 N–H and O–H groups in total. The van der Waals surface area contributed by atoms with E-state index in [9.17, 15) is 0 Å². The first-order valence-corrected chi connectivity index (χ1v) is 4.90. The number of aryl methyl sites for hydroxylation is 1. The number of hydrogen-bond donors (Lipinski definition) is 0. The average molecular weight is 191 g/mol. The van der Waals surface area contributed by atoms with E-state index in [1.165, 1.54) is 0 Å². The largest absolute Gasteiger partial charge is 0.380 e. The molecule has 0 amide bonds. The molecular weight excluding hydrogens is 178 g/mol. The second-order valence-electron chi connectivity index (χ2n) is 4.35. The Morgan fingerprint density at radius 1 is 1.43 bits per heavy atom. The molecule has 2 saturated heterocycles. The molecule has 74 valence electrons. The van der Waals surface area contributed by atoms with Gasteiger partial charge in [-0.2, -0.15) is 0 Å². The predicted molar refractivity (Wildman–Crippen MR) is 52.2 cm³/mol. The van der Waals surface area contributed by atoms with Gasteiger partial charge in [0.25, 0.3) is 0 Å². The molecule has 2 aliphatic heterocycles. The van der Waals surface area contributed by atoms with E-state index in [1.54, 1.807) is 0 Å². The van der Waals surface area contributed by atoms with Crippen molar-refractivity contribution >= 4 is 5.95 Å². The van der Waals surface area contributed by atoms with Crippen molar-refractivity contribution in [2.75, 3.05) is 31.2 Å². The van der Waals surface area contributed by atoms with Gasteiger partial charge >= 0.3 is 0 Å². The third-order valence-electron chi connectivity index (χ3n) is 2.93. The molecule has 3 heterocycles. The summed E-state index contributed by atoms with van der Waals surface area (Å²) < 4.78 is 5.22. The van der Waals surface area contributed by atoms with Crippen LogP contribution in [0.15, 0.2) is 12.3 Å². The average Bonchev–Trinajstić information content (AvgIpc) is 1.98. The lowest BCUT2D eigenvalue weighted by atomic mass is 9.78. The molecule has 1 aromatic heterocycles.